The van der Waals surface area contributed by atoms with Crippen molar-refractivity contribution >= 4 is 17.6 Å². The number of hydrogen-bond acceptors (Lipinski definition) is 3. The van der Waals surface area contributed by atoms with Gasteiger partial charge in [0.2, 0.25) is 0 Å². The van der Waals surface area contributed by atoms with E-state index in [1.54, 1.807) is 6.07 Å². The number of carboxylic acids is 1. The van der Waals surface area contributed by atoms with Crippen LogP contribution in [0.1, 0.15) is 31.2 Å². The zero-order chi connectivity index (χ0) is 14.6. The molecule has 0 unspecified atom stereocenters. The van der Waals surface area contributed by atoms with E-state index in [4.69, 9.17) is 21.4 Å². The van der Waals surface area contributed by atoms with Crippen LogP contribution in [-0.4, -0.2) is 28.4 Å². The predicted molar refractivity (Wildman–Crippen MR) is 75.7 cm³/mol. The summed E-state index contributed by atoms with van der Waals surface area (Å²) in [6.07, 6.45) is 1.96. The van der Waals surface area contributed by atoms with Gasteiger partial charge in [-0.15, -0.1) is 0 Å². The molecule has 1 aromatic rings. The predicted octanol–water partition coefficient (Wildman–Crippen LogP) is 2.86. The van der Waals surface area contributed by atoms with Crippen LogP contribution in [0.25, 0.3) is 0 Å². The largest absolute Gasteiger partial charge is 0.481 e. The summed E-state index contributed by atoms with van der Waals surface area (Å²) < 4.78 is 5.56. The molecule has 110 valence electrons. The van der Waals surface area contributed by atoms with Gasteiger partial charge in [0, 0.05) is 5.02 Å². The Hall–Kier alpha value is -1.10. The maximum Gasteiger partial charge on any atom is 0.306 e. The molecule has 0 aromatic heterocycles. The number of aliphatic hydroxyl groups is 1. The normalized spacial score (nSPS) is 26.4. The number of aliphatic carboxylic acids is 1. The van der Waals surface area contributed by atoms with Crippen molar-refractivity contribution in [3.63, 3.8) is 0 Å². The Labute approximate surface area is 123 Å². The summed E-state index contributed by atoms with van der Waals surface area (Å²) in [6, 6.07) is 7.39. The summed E-state index contributed by atoms with van der Waals surface area (Å²) in [6.45, 7) is 0.622. The van der Waals surface area contributed by atoms with E-state index in [9.17, 15) is 9.90 Å². The lowest BCUT2D eigenvalue weighted by Crippen LogP contribution is -2.40. The van der Waals surface area contributed by atoms with Gasteiger partial charge in [0.05, 0.1) is 24.7 Å². The van der Waals surface area contributed by atoms with E-state index in [0.717, 1.165) is 5.56 Å². The molecule has 5 heteroatoms. The molecule has 0 aliphatic heterocycles. The number of hydrogen-bond donors (Lipinski definition) is 2. The van der Waals surface area contributed by atoms with Gasteiger partial charge in [0.1, 0.15) is 0 Å². The zero-order valence-electron chi connectivity index (χ0n) is 11.2. The quantitative estimate of drug-likeness (QED) is 0.877. The Kier molecular flexibility index (Phi) is 5.02. The molecule has 0 spiro atoms. The number of ether oxygens (including phenoxy) is 1. The van der Waals surface area contributed by atoms with E-state index >= 15 is 0 Å². The molecule has 0 amide bonds. The first-order valence-corrected chi connectivity index (χ1v) is 7.14. The third-order valence-electron chi connectivity index (χ3n) is 3.79. The summed E-state index contributed by atoms with van der Waals surface area (Å²) >= 11 is 5.88. The molecule has 20 heavy (non-hydrogen) atoms. The molecule has 0 atom stereocenters. The molecule has 1 fully saturated rings. The van der Waals surface area contributed by atoms with Gasteiger partial charge in [0.15, 0.2) is 0 Å². The van der Waals surface area contributed by atoms with Crippen LogP contribution in [0.5, 0.6) is 0 Å². The molecule has 0 heterocycles. The highest BCUT2D eigenvalue weighted by molar-refractivity contribution is 6.30. The number of carbonyl (C=O) groups is 1. The van der Waals surface area contributed by atoms with E-state index in [2.05, 4.69) is 0 Å². The van der Waals surface area contributed by atoms with Crippen molar-refractivity contribution in [3.8, 4) is 0 Å². The highest BCUT2D eigenvalue weighted by Gasteiger charge is 2.35. The first-order chi connectivity index (χ1) is 9.48. The Morgan fingerprint density at radius 3 is 2.70 bits per heavy atom. The van der Waals surface area contributed by atoms with Crippen LogP contribution in [0.3, 0.4) is 0 Å². The lowest BCUT2D eigenvalue weighted by Gasteiger charge is -2.34. The van der Waals surface area contributed by atoms with Crippen molar-refractivity contribution in [2.24, 2.45) is 5.92 Å². The van der Waals surface area contributed by atoms with Crippen molar-refractivity contribution in [1.82, 2.24) is 0 Å². The van der Waals surface area contributed by atoms with Gasteiger partial charge < -0.3 is 14.9 Å². The standard InChI is InChI=1S/C15H19ClO4/c16-13-3-1-2-11(8-13)9-20-10-15(19)6-4-12(5-7-15)14(17)18/h1-3,8,12,19H,4-7,9-10H2,(H,17,18). The summed E-state index contributed by atoms with van der Waals surface area (Å²) in [7, 11) is 0. The molecule has 0 bridgehead atoms. The van der Waals surface area contributed by atoms with Crippen LogP contribution in [-0.2, 0) is 16.1 Å². The smallest absolute Gasteiger partial charge is 0.306 e. The molecule has 1 aromatic carbocycles. The summed E-state index contributed by atoms with van der Waals surface area (Å²) in [5.41, 5.74) is 0.0603. The van der Waals surface area contributed by atoms with Crippen LogP contribution in [0.15, 0.2) is 24.3 Å². The number of benzene rings is 1. The minimum atomic E-state index is -0.898. The average molecular weight is 299 g/mol. The van der Waals surface area contributed by atoms with Crippen molar-refractivity contribution in [3.05, 3.63) is 34.9 Å². The Morgan fingerprint density at radius 1 is 1.40 bits per heavy atom. The molecule has 2 N–H and O–H groups in total. The highest BCUT2D eigenvalue weighted by atomic mass is 35.5. The average Bonchev–Trinajstić information content (AvgIpc) is 2.39. The minimum Gasteiger partial charge on any atom is -0.481 e. The second-order valence-electron chi connectivity index (χ2n) is 5.46. The lowest BCUT2D eigenvalue weighted by atomic mass is 9.79. The van der Waals surface area contributed by atoms with Crippen molar-refractivity contribution in [1.29, 1.82) is 0 Å². The topological polar surface area (TPSA) is 66.8 Å². The first kappa shape index (κ1) is 15.3. The summed E-state index contributed by atoms with van der Waals surface area (Å²) in [5.74, 6) is -1.10. The molecule has 1 aliphatic carbocycles. The summed E-state index contributed by atoms with van der Waals surface area (Å²) in [5, 5.41) is 20.0. The molecule has 2 rings (SSSR count). The Balaban J connectivity index is 1.78. The molecule has 0 saturated heterocycles. The zero-order valence-corrected chi connectivity index (χ0v) is 12.0. The maximum atomic E-state index is 10.9. The number of rotatable bonds is 5. The minimum absolute atomic E-state index is 0.228. The van der Waals surface area contributed by atoms with Crippen molar-refractivity contribution < 1.29 is 19.7 Å². The third kappa shape index (κ3) is 4.20. The van der Waals surface area contributed by atoms with Crippen LogP contribution in [0.2, 0.25) is 5.02 Å². The highest BCUT2D eigenvalue weighted by Crippen LogP contribution is 2.32. The monoisotopic (exact) mass is 298 g/mol. The third-order valence-corrected chi connectivity index (χ3v) is 4.03. The van der Waals surface area contributed by atoms with E-state index in [0.29, 0.717) is 37.3 Å². The Morgan fingerprint density at radius 2 is 2.10 bits per heavy atom. The van der Waals surface area contributed by atoms with Gasteiger partial charge >= 0.3 is 5.97 Å². The summed E-state index contributed by atoms with van der Waals surface area (Å²) in [4.78, 5) is 10.9. The fraction of sp³-hybridized carbons (Fsp3) is 0.533. The molecule has 1 aliphatic rings. The lowest BCUT2D eigenvalue weighted by molar-refractivity contribution is -0.146. The van der Waals surface area contributed by atoms with E-state index in [1.165, 1.54) is 0 Å². The van der Waals surface area contributed by atoms with Crippen LogP contribution in [0, 0.1) is 5.92 Å². The SMILES string of the molecule is O=C(O)C1CCC(O)(COCc2cccc(Cl)c2)CC1. The van der Waals surface area contributed by atoms with Gasteiger partial charge in [-0.3, -0.25) is 4.79 Å². The van der Waals surface area contributed by atoms with E-state index in [1.807, 2.05) is 18.2 Å². The van der Waals surface area contributed by atoms with Gasteiger partial charge in [0.25, 0.3) is 0 Å². The van der Waals surface area contributed by atoms with Gasteiger partial charge in [-0.25, -0.2) is 0 Å². The molecule has 0 radical (unpaired) electrons. The van der Waals surface area contributed by atoms with E-state index < -0.39 is 11.6 Å². The first-order valence-electron chi connectivity index (χ1n) is 6.76. The molecular formula is C15H19ClO4. The van der Waals surface area contributed by atoms with Gasteiger partial charge in [-0.2, -0.15) is 0 Å². The fourth-order valence-corrected chi connectivity index (χ4v) is 2.74. The Bertz CT molecular complexity index is 467. The van der Waals surface area contributed by atoms with Crippen LogP contribution < -0.4 is 0 Å². The number of halogens is 1. The molecular weight excluding hydrogens is 280 g/mol. The van der Waals surface area contributed by atoms with Crippen molar-refractivity contribution in [2.75, 3.05) is 6.61 Å². The van der Waals surface area contributed by atoms with Crippen LogP contribution in [0.4, 0.5) is 0 Å². The molecule has 1 saturated carbocycles. The maximum absolute atomic E-state index is 10.9. The second-order valence-corrected chi connectivity index (χ2v) is 5.90. The van der Waals surface area contributed by atoms with Crippen molar-refractivity contribution in [2.45, 2.75) is 37.9 Å². The van der Waals surface area contributed by atoms with Gasteiger partial charge in [-0.1, -0.05) is 23.7 Å². The molecule has 4 nitrogen and oxygen atoms in total. The van der Waals surface area contributed by atoms with Crippen LogP contribution >= 0.6 is 11.6 Å². The van der Waals surface area contributed by atoms with E-state index in [-0.39, 0.29) is 12.5 Å². The number of carboxylic acid groups (broad SMARTS) is 1. The second kappa shape index (κ2) is 6.57. The van der Waals surface area contributed by atoms with Gasteiger partial charge in [-0.05, 0) is 43.4 Å². The fourth-order valence-electron chi connectivity index (χ4n) is 2.53.